The van der Waals surface area contributed by atoms with Crippen LogP contribution < -0.4 is 0 Å². The van der Waals surface area contributed by atoms with Gasteiger partial charge in [-0.1, -0.05) is 46.3 Å². The lowest BCUT2D eigenvalue weighted by molar-refractivity contribution is 0.0948. The predicted molar refractivity (Wildman–Crippen MR) is 112 cm³/mol. The smallest absolute Gasteiger partial charge is 0.178 e. The average Bonchev–Trinajstić information content (AvgIpc) is 3.05. The van der Waals surface area contributed by atoms with E-state index in [1.807, 2.05) is 54.2 Å². The largest absolute Gasteiger partial charge is 0.346 e. The van der Waals surface area contributed by atoms with Crippen LogP contribution in [0.5, 0.6) is 0 Å². The molecular formula is C22H22BrN3O. The highest BCUT2D eigenvalue weighted by atomic mass is 79.9. The van der Waals surface area contributed by atoms with E-state index >= 15 is 0 Å². The summed E-state index contributed by atoms with van der Waals surface area (Å²) in [5.74, 6) is 0.111. The normalized spacial score (nSPS) is 11.0. The summed E-state index contributed by atoms with van der Waals surface area (Å²) in [6, 6.07) is 18.3. The summed E-state index contributed by atoms with van der Waals surface area (Å²) >= 11 is 3.45. The number of hydrogen-bond donors (Lipinski definition) is 0. The zero-order valence-corrected chi connectivity index (χ0v) is 16.9. The van der Waals surface area contributed by atoms with Crippen LogP contribution in [0.3, 0.4) is 0 Å². The molecule has 0 N–H and O–H groups in total. The van der Waals surface area contributed by atoms with E-state index in [4.69, 9.17) is 5.26 Å². The minimum Gasteiger partial charge on any atom is -0.346 e. The first-order valence-corrected chi connectivity index (χ1v) is 9.79. The number of ketones is 1. The van der Waals surface area contributed by atoms with Gasteiger partial charge in [0, 0.05) is 40.2 Å². The van der Waals surface area contributed by atoms with Gasteiger partial charge in [0.25, 0.3) is 0 Å². The number of halogens is 1. The zero-order chi connectivity index (χ0) is 19.2. The van der Waals surface area contributed by atoms with Gasteiger partial charge in [-0.3, -0.25) is 9.69 Å². The summed E-state index contributed by atoms with van der Waals surface area (Å²) in [4.78, 5) is 14.9. The summed E-state index contributed by atoms with van der Waals surface area (Å²) in [6.45, 7) is 1.80. The van der Waals surface area contributed by atoms with Crippen molar-refractivity contribution in [1.29, 1.82) is 5.26 Å². The van der Waals surface area contributed by atoms with Gasteiger partial charge in [0.2, 0.25) is 0 Å². The van der Waals surface area contributed by atoms with Crippen molar-refractivity contribution in [1.82, 2.24) is 9.47 Å². The summed E-state index contributed by atoms with van der Waals surface area (Å²) in [7, 11) is 1.98. The Hall–Kier alpha value is -2.42. The number of nitrogens with zero attached hydrogens (tertiary/aromatic N) is 3. The Kier molecular flexibility index (Phi) is 6.44. The standard InChI is InChI=1S/C22H22BrN3O/c1-25(14-11-17-7-9-18(23)10-8-17)16-22(27)20-15-26(13-4-12-24)21-6-3-2-5-19(20)21/h2-3,5-10,15H,4,11,13-14,16H2,1H3. The molecule has 0 saturated heterocycles. The molecule has 0 atom stereocenters. The Bertz CT molecular complexity index is 969. The molecule has 0 radical (unpaired) electrons. The van der Waals surface area contributed by atoms with E-state index in [9.17, 15) is 4.79 Å². The molecule has 1 heterocycles. The lowest BCUT2D eigenvalue weighted by Crippen LogP contribution is -2.28. The number of para-hydroxylation sites is 1. The van der Waals surface area contributed by atoms with E-state index in [0.29, 0.717) is 19.5 Å². The molecule has 0 amide bonds. The summed E-state index contributed by atoms with van der Waals surface area (Å²) in [6.07, 6.45) is 3.23. The zero-order valence-electron chi connectivity index (χ0n) is 15.4. The first-order chi connectivity index (χ1) is 13.1. The van der Waals surface area contributed by atoms with Crippen molar-refractivity contribution < 1.29 is 4.79 Å². The maximum Gasteiger partial charge on any atom is 0.178 e. The summed E-state index contributed by atoms with van der Waals surface area (Å²) < 4.78 is 3.08. The van der Waals surface area contributed by atoms with Gasteiger partial charge in [-0.05, 0) is 37.2 Å². The molecule has 0 aliphatic rings. The molecule has 0 spiro atoms. The van der Waals surface area contributed by atoms with Crippen molar-refractivity contribution in [3.8, 4) is 6.07 Å². The molecule has 5 heteroatoms. The van der Waals surface area contributed by atoms with E-state index in [0.717, 1.165) is 33.9 Å². The number of rotatable bonds is 8. The van der Waals surface area contributed by atoms with E-state index < -0.39 is 0 Å². The van der Waals surface area contributed by atoms with Gasteiger partial charge >= 0.3 is 0 Å². The van der Waals surface area contributed by atoms with Gasteiger partial charge in [0.15, 0.2) is 5.78 Å². The van der Waals surface area contributed by atoms with Gasteiger partial charge in [-0.2, -0.15) is 5.26 Å². The van der Waals surface area contributed by atoms with Crippen LogP contribution in [-0.2, 0) is 13.0 Å². The number of carbonyl (C=O) groups is 1. The van der Waals surface area contributed by atoms with Crippen LogP contribution in [0, 0.1) is 11.3 Å². The van der Waals surface area contributed by atoms with Crippen molar-refractivity contribution in [2.45, 2.75) is 19.4 Å². The van der Waals surface area contributed by atoms with Crippen molar-refractivity contribution in [3.63, 3.8) is 0 Å². The molecule has 0 saturated carbocycles. The molecule has 3 rings (SSSR count). The Balaban J connectivity index is 1.68. The minimum atomic E-state index is 0.111. The number of aromatic nitrogens is 1. The Labute approximate surface area is 168 Å². The molecule has 2 aromatic carbocycles. The third-order valence-electron chi connectivity index (χ3n) is 4.66. The van der Waals surface area contributed by atoms with E-state index in [-0.39, 0.29) is 5.78 Å². The quantitative estimate of drug-likeness (QED) is 0.494. The topological polar surface area (TPSA) is 49.0 Å². The van der Waals surface area contributed by atoms with Crippen LogP contribution in [0.15, 0.2) is 59.2 Å². The lowest BCUT2D eigenvalue weighted by Gasteiger charge is -2.15. The van der Waals surface area contributed by atoms with Crippen molar-refractivity contribution >= 4 is 32.6 Å². The highest BCUT2D eigenvalue weighted by Gasteiger charge is 2.16. The van der Waals surface area contributed by atoms with Gasteiger partial charge in [0.05, 0.1) is 19.0 Å². The Morgan fingerprint density at radius 1 is 1.19 bits per heavy atom. The number of likely N-dealkylation sites (N-methyl/N-ethyl adjacent to an activating group) is 1. The number of nitriles is 1. The number of aryl methyl sites for hydroxylation is 1. The van der Waals surface area contributed by atoms with Crippen molar-refractivity contribution in [2.75, 3.05) is 20.1 Å². The number of Topliss-reactive ketones (excluding diaryl/α,β-unsaturated/α-hetero) is 1. The minimum absolute atomic E-state index is 0.111. The van der Waals surface area contributed by atoms with Crippen molar-refractivity contribution in [3.05, 3.63) is 70.3 Å². The maximum absolute atomic E-state index is 12.9. The van der Waals surface area contributed by atoms with Crippen molar-refractivity contribution in [2.24, 2.45) is 0 Å². The first kappa shape index (κ1) is 19.3. The molecular weight excluding hydrogens is 402 g/mol. The fourth-order valence-corrected chi connectivity index (χ4v) is 3.47. The van der Waals surface area contributed by atoms with Gasteiger partial charge in [0.1, 0.15) is 0 Å². The van der Waals surface area contributed by atoms with E-state index in [2.05, 4.69) is 39.0 Å². The second-order valence-electron chi connectivity index (χ2n) is 6.70. The number of benzene rings is 2. The monoisotopic (exact) mass is 423 g/mol. The average molecular weight is 424 g/mol. The molecule has 4 nitrogen and oxygen atoms in total. The third kappa shape index (κ3) is 4.85. The number of carbonyl (C=O) groups excluding carboxylic acids is 1. The SMILES string of the molecule is CN(CCc1ccc(Br)cc1)CC(=O)c1cn(CCC#N)c2ccccc12. The maximum atomic E-state index is 12.9. The molecule has 27 heavy (non-hydrogen) atoms. The highest BCUT2D eigenvalue weighted by molar-refractivity contribution is 9.10. The lowest BCUT2D eigenvalue weighted by atomic mass is 10.1. The van der Waals surface area contributed by atoms with Crippen LogP contribution in [0.1, 0.15) is 22.3 Å². The Morgan fingerprint density at radius 2 is 1.93 bits per heavy atom. The van der Waals surface area contributed by atoms with Crippen LogP contribution in [-0.4, -0.2) is 35.4 Å². The molecule has 0 bridgehead atoms. The van der Waals surface area contributed by atoms with E-state index in [1.54, 1.807) is 0 Å². The highest BCUT2D eigenvalue weighted by Crippen LogP contribution is 2.22. The fourth-order valence-electron chi connectivity index (χ4n) is 3.20. The Morgan fingerprint density at radius 3 is 2.67 bits per heavy atom. The van der Waals surface area contributed by atoms with Gasteiger partial charge in [-0.25, -0.2) is 0 Å². The molecule has 0 aliphatic carbocycles. The predicted octanol–water partition coefficient (Wildman–Crippen LogP) is 4.67. The van der Waals surface area contributed by atoms with Crippen LogP contribution in [0.25, 0.3) is 10.9 Å². The molecule has 1 aromatic heterocycles. The fraction of sp³-hybridized carbons (Fsp3) is 0.273. The molecule has 0 fully saturated rings. The number of fused-ring (bicyclic) bond motifs is 1. The molecule has 0 aliphatic heterocycles. The van der Waals surface area contributed by atoms with E-state index in [1.165, 1.54) is 5.56 Å². The molecule has 138 valence electrons. The van der Waals surface area contributed by atoms with Crippen LogP contribution >= 0.6 is 15.9 Å². The first-order valence-electron chi connectivity index (χ1n) is 8.99. The number of hydrogen-bond acceptors (Lipinski definition) is 3. The van der Waals surface area contributed by atoms with Crippen LogP contribution in [0.4, 0.5) is 0 Å². The van der Waals surface area contributed by atoms with Gasteiger partial charge < -0.3 is 4.57 Å². The molecule has 0 unspecified atom stereocenters. The summed E-state index contributed by atoms with van der Waals surface area (Å²) in [5, 5.41) is 9.82. The molecule has 3 aromatic rings. The van der Waals surface area contributed by atoms with Crippen LogP contribution in [0.2, 0.25) is 0 Å². The second kappa shape index (κ2) is 8.98. The summed E-state index contributed by atoms with van der Waals surface area (Å²) in [5.41, 5.74) is 3.00. The van der Waals surface area contributed by atoms with Gasteiger partial charge in [-0.15, -0.1) is 0 Å². The third-order valence-corrected chi connectivity index (χ3v) is 5.19. The second-order valence-corrected chi connectivity index (χ2v) is 7.61.